The second kappa shape index (κ2) is 2.54. The number of nitrogens with zero attached hydrogens (tertiary/aromatic N) is 3. The van der Waals surface area contributed by atoms with Gasteiger partial charge in [-0.15, -0.1) is 10.2 Å². The Balaban J connectivity index is 2.22. The summed E-state index contributed by atoms with van der Waals surface area (Å²) in [6, 6.07) is 5.87. The topological polar surface area (TPSA) is 56.2 Å². The van der Waals surface area contributed by atoms with E-state index in [1.54, 1.807) is 0 Å². The summed E-state index contributed by atoms with van der Waals surface area (Å²) in [6.07, 6.45) is 5.20. The minimum atomic E-state index is -0.235. The van der Waals surface area contributed by atoms with E-state index in [1.165, 1.54) is 6.42 Å². The average molecular weight is 188 g/mol. The third-order valence-corrected chi connectivity index (χ3v) is 3.00. The summed E-state index contributed by atoms with van der Waals surface area (Å²) < 4.78 is 1.99. The summed E-state index contributed by atoms with van der Waals surface area (Å²) in [4.78, 5) is 0. The van der Waals surface area contributed by atoms with E-state index >= 15 is 0 Å². The molecule has 1 aliphatic carbocycles. The highest BCUT2D eigenvalue weighted by molar-refractivity contribution is 5.38. The Labute approximate surface area is 81.8 Å². The molecule has 1 aliphatic rings. The van der Waals surface area contributed by atoms with Crippen molar-refractivity contribution in [3.63, 3.8) is 0 Å². The molecule has 4 heteroatoms. The zero-order chi connectivity index (χ0) is 9.60. The SMILES string of the molecule is NC1(c2nnc3ccccn23)CCC1. The van der Waals surface area contributed by atoms with Crippen molar-refractivity contribution >= 4 is 5.65 Å². The van der Waals surface area contributed by atoms with Gasteiger partial charge < -0.3 is 5.73 Å². The Morgan fingerprint density at radius 3 is 2.86 bits per heavy atom. The Morgan fingerprint density at radius 2 is 2.14 bits per heavy atom. The Bertz CT molecular complexity index is 470. The van der Waals surface area contributed by atoms with Gasteiger partial charge in [-0.2, -0.15) is 0 Å². The molecule has 0 aromatic carbocycles. The second-order valence-electron chi connectivity index (χ2n) is 3.96. The van der Waals surface area contributed by atoms with E-state index < -0.39 is 0 Å². The fourth-order valence-electron chi connectivity index (χ4n) is 1.96. The van der Waals surface area contributed by atoms with Crippen LogP contribution >= 0.6 is 0 Å². The summed E-state index contributed by atoms with van der Waals surface area (Å²) >= 11 is 0. The number of pyridine rings is 1. The zero-order valence-electron chi connectivity index (χ0n) is 7.85. The molecule has 0 radical (unpaired) electrons. The molecule has 2 heterocycles. The molecular weight excluding hydrogens is 176 g/mol. The maximum atomic E-state index is 6.21. The summed E-state index contributed by atoms with van der Waals surface area (Å²) in [5.74, 6) is 0.902. The summed E-state index contributed by atoms with van der Waals surface area (Å²) in [5.41, 5.74) is 6.85. The minimum absolute atomic E-state index is 0.235. The van der Waals surface area contributed by atoms with E-state index in [-0.39, 0.29) is 5.54 Å². The monoisotopic (exact) mass is 188 g/mol. The molecule has 0 aliphatic heterocycles. The molecule has 0 spiro atoms. The van der Waals surface area contributed by atoms with Crippen molar-refractivity contribution in [3.8, 4) is 0 Å². The van der Waals surface area contributed by atoms with Crippen LogP contribution in [-0.2, 0) is 5.54 Å². The molecule has 4 nitrogen and oxygen atoms in total. The van der Waals surface area contributed by atoms with Crippen LogP contribution in [0.1, 0.15) is 25.1 Å². The van der Waals surface area contributed by atoms with E-state index in [9.17, 15) is 0 Å². The lowest BCUT2D eigenvalue weighted by Crippen LogP contribution is -2.44. The van der Waals surface area contributed by atoms with Crippen LogP contribution in [0, 0.1) is 0 Å². The lowest BCUT2D eigenvalue weighted by molar-refractivity contribution is 0.236. The molecule has 0 amide bonds. The second-order valence-corrected chi connectivity index (χ2v) is 3.96. The standard InChI is InChI=1S/C10H12N4/c11-10(5-3-6-10)9-13-12-8-4-1-2-7-14(8)9/h1-2,4,7H,3,5-6,11H2. The number of fused-ring (bicyclic) bond motifs is 1. The van der Waals surface area contributed by atoms with Crippen LogP contribution in [0.25, 0.3) is 5.65 Å². The van der Waals surface area contributed by atoms with Crippen LogP contribution in [0.2, 0.25) is 0 Å². The van der Waals surface area contributed by atoms with Gasteiger partial charge in [-0.1, -0.05) is 6.07 Å². The molecule has 3 rings (SSSR count). The molecule has 0 atom stereocenters. The maximum Gasteiger partial charge on any atom is 0.160 e. The zero-order valence-corrected chi connectivity index (χ0v) is 7.85. The Hall–Kier alpha value is -1.42. The van der Waals surface area contributed by atoms with Gasteiger partial charge >= 0.3 is 0 Å². The molecule has 0 unspecified atom stereocenters. The molecule has 2 aromatic heterocycles. The predicted octanol–water partition coefficient (Wildman–Crippen LogP) is 1.07. The first-order valence-corrected chi connectivity index (χ1v) is 4.89. The fourth-order valence-corrected chi connectivity index (χ4v) is 1.96. The molecule has 0 saturated heterocycles. The van der Waals surface area contributed by atoms with Crippen LogP contribution in [0.5, 0.6) is 0 Å². The molecule has 2 aromatic rings. The van der Waals surface area contributed by atoms with Crippen LogP contribution in [0.15, 0.2) is 24.4 Å². The molecule has 72 valence electrons. The first kappa shape index (κ1) is 7.94. The molecule has 14 heavy (non-hydrogen) atoms. The third-order valence-electron chi connectivity index (χ3n) is 3.00. The van der Waals surface area contributed by atoms with Gasteiger partial charge in [0, 0.05) is 6.20 Å². The summed E-state index contributed by atoms with van der Waals surface area (Å²) in [7, 11) is 0. The number of nitrogens with two attached hydrogens (primary N) is 1. The van der Waals surface area contributed by atoms with E-state index in [0.717, 1.165) is 24.3 Å². The van der Waals surface area contributed by atoms with Crippen LogP contribution in [0.4, 0.5) is 0 Å². The molecular formula is C10H12N4. The highest BCUT2D eigenvalue weighted by Crippen LogP contribution is 2.37. The molecule has 0 bridgehead atoms. The number of hydrogen-bond acceptors (Lipinski definition) is 3. The molecule has 1 saturated carbocycles. The van der Waals surface area contributed by atoms with Crippen molar-refractivity contribution in [3.05, 3.63) is 30.2 Å². The van der Waals surface area contributed by atoms with Gasteiger partial charge in [-0.3, -0.25) is 4.40 Å². The summed E-state index contributed by atoms with van der Waals surface area (Å²) in [5, 5.41) is 8.28. The maximum absolute atomic E-state index is 6.21. The lowest BCUT2D eigenvalue weighted by atomic mass is 9.77. The lowest BCUT2D eigenvalue weighted by Gasteiger charge is -2.36. The van der Waals surface area contributed by atoms with E-state index in [1.807, 2.05) is 28.8 Å². The van der Waals surface area contributed by atoms with Crippen molar-refractivity contribution in [1.29, 1.82) is 0 Å². The molecule has 2 N–H and O–H groups in total. The highest BCUT2D eigenvalue weighted by atomic mass is 15.3. The van der Waals surface area contributed by atoms with Crippen molar-refractivity contribution in [1.82, 2.24) is 14.6 Å². The molecule has 1 fully saturated rings. The van der Waals surface area contributed by atoms with Crippen molar-refractivity contribution in [2.45, 2.75) is 24.8 Å². The van der Waals surface area contributed by atoms with Crippen molar-refractivity contribution < 1.29 is 0 Å². The smallest absolute Gasteiger partial charge is 0.160 e. The van der Waals surface area contributed by atoms with E-state index in [0.29, 0.717) is 0 Å². The van der Waals surface area contributed by atoms with E-state index in [4.69, 9.17) is 5.73 Å². The fraction of sp³-hybridized carbons (Fsp3) is 0.400. The first-order chi connectivity index (χ1) is 6.80. The normalized spacial score (nSPS) is 19.5. The minimum Gasteiger partial charge on any atom is -0.319 e. The van der Waals surface area contributed by atoms with Crippen molar-refractivity contribution in [2.24, 2.45) is 5.73 Å². The van der Waals surface area contributed by atoms with Gasteiger partial charge in [0.2, 0.25) is 0 Å². The highest BCUT2D eigenvalue weighted by Gasteiger charge is 2.38. The first-order valence-electron chi connectivity index (χ1n) is 4.89. The van der Waals surface area contributed by atoms with Crippen LogP contribution < -0.4 is 5.73 Å². The van der Waals surface area contributed by atoms with Crippen molar-refractivity contribution in [2.75, 3.05) is 0 Å². The van der Waals surface area contributed by atoms with Crippen LogP contribution in [0.3, 0.4) is 0 Å². The third kappa shape index (κ3) is 0.915. The number of rotatable bonds is 1. The predicted molar refractivity (Wildman–Crippen MR) is 52.7 cm³/mol. The van der Waals surface area contributed by atoms with Gasteiger partial charge in [0.05, 0.1) is 5.54 Å². The Kier molecular flexibility index (Phi) is 1.44. The van der Waals surface area contributed by atoms with Gasteiger partial charge in [-0.25, -0.2) is 0 Å². The number of hydrogen-bond donors (Lipinski definition) is 1. The van der Waals surface area contributed by atoms with Crippen LogP contribution in [-0.4, -0.2) is 14.6 Å². The number of aromatic nitrogens is 3. The van der Waals surface area contributed by atoms with Gasteiger partial charge in [0.15, 0.2) is 11.5 Å². The van der Waals surface area contributed by atoms with E-state index in [2.05, 4.69) is 10.2 Å². The van der Waals surface area contributed by atoms with Gasteiger partial charge in [0.1, 0.15) is 0 Å². The largest absolute Gasteiger partial charge is 0.319 e. The Morgan fingerprint density at radius 1 is 1.29 bits per heavy atom. The average Bonchev–Trinajstić information content (AvgIpc) is 2.58. The summed E-state index contributed by atoms with van der Waals surface area (Å²) in [6.45, 7) is 0. The van der Waals surface area contributed by atoms with Gasteiger partial charge in [-0.05, 0) is 31.4 Å². The van der Waals surface area contributed by atoms with Gasteiger partial charge in [0.25, 0.3) is 0 Å². The quantitative estimate of drug-likeness (QED) is 0.728.